The predicted molar refractivity (Wildman–Crippen MR) is 45.8 cm³/mol. The lowest BCUT2D eigenvalue weighted by Crippen LogP contribution is -2.12. The van der Waals surface area contributed by atoms with E-state index in [1.165, 1.54) is 0 Å². The topological polar surface area (TPSA) is 37.3 Å². The molecule has 11 heavy (non-hydrogen) atoms. The first kappa shape index (κ1) is 10.5. The third kappa shape index (κ3) is 4.88. The van der Waals surface area contributed by atoms with Gasteiger partial charge in [-0.15, -0.1) is 0 Å². The molecular weight excluding hydrogens is 139 g/mol. The molecule has 0 aromatic rings. The summed E-state index contributed by atoms with van der Waals surface area (Å²) in [7, 11) is 5.28. The number of unbranched alkanes of at least 4 members (excludes halogenated alkanes) is 2. The minimum absolute atomic E-state index is 0.263. The van der Waals surface area contributed by atoms with E-state index in [4.69, 9.17) is 13.0 Å². The number of carboxylic acid groups (broad SMARTS) is 1. The maximum atomic E-state index is 10.4. The van der Waals surface area contributed by atoms with Crippen molar-refractivity contribution < 1.29 is 9.90 Å². The molecule has 1 atom stereocenters. The Kier molecular flexibility index (Phi) is 5.99. The second-order valence-electron chi connectivity index (χ2n) is 2.77. The van der Waals surface area contributed by atoms with Gasteiger partial charge in [-0.25, -0.2) is 0 Å². The summed E-state index contributed by atoms with van der Waals surface area (Å²) in [6.07, 6.45) is 4.18. The Morgan fingerprint density at radius 2 is 2.18 bits per heavy atom. The largest absolute Gasteiger partial charge is 0.481 e. The zero-order chi connectivity index (χ0) is 8.69. The number of rotatable bonds is 6. The first-order valence-electron chi connectivity index (χ1n) is 4.15. The van der Waals surface area contributed by atoms with Crippen molar-refractivity contribution in [3.8, 4) is 0 Å². The van der Waals surface area contributed by atoms with E-state index in [1.807, 2.05) is 0 Å². The summed E-state index contributed by atoms with van der Waals surface area (Å²) < 4.78 is 0. The summed E-state index contributed by atoms with van der Waals surface area (Å²) in [6.45, 7) is 2.10. The Morgan fingerprint density at radius 3 is 2.55 bits per heavy atom. The number of aliphatic carboxylic acids is 1. The summed E-state index contributed by atoms with van der Waals surface area (Å²) >= 11 is 0. The summed E-state index contributed by atoms with van der Waals surface area (Å²) in [4.78, 5) is 10.4. The molecule has 1 unspecified atom stereocenters. The van der Waals surface area contributed by atoms with Crippen LogP contribution in [0.5, 0.6) is 0 Å². The van der Waals surface area contributed by atoms with Crippen LogP contribution < -0.4 is 0 Å². The molecule has 62 valence electrons. The lowest BCUT2D eigenvalue weighted by Gasteiger charge is -2.07. The van der Waals surface area contributed by atoms with Crippen molar-refractivity contribution in [1.82, 2.24) is 0 Å². The molecule has 2 nitrogen and oxygen atoms in total. The Bertz CT molecular complexity index is 115. The molecule has 0 bridgehead atoms. The summed E-state index contributed by atoms with van der Waals surface area (Å²) in [6, 6.07) is 0. The molecule has 3 heteroatoms. The summed E-state index contributed by atoms with van der Waals surface area (Å²) in [5, 5.41) is 8.59. The van der Waals surface area contributed by atoms with Gasteiger partial charge in [-0.05, 0) is 6.42 Å². The number of carboxylic acids is 1. The fourth-order valence-electron chi connectivity index (χ4n) is 0.983. The van der Waals surface area contributed by atoms with Crippen LogP contribution in [-0.4, -0.2) is 18.9 Å². The highest BCUT2D eigenvalue weighted by Gasteiger charge is 2.12. The Labute approximate surface area is 69.4 Å². The van der Waals surface area contributed by atoms with Crippen LogP contribution in [-0.2, 0) is 4.79 Å². The van der Waals surface area contributed by atoms with Gasteiger partial charge in [0, 0.05) is 5.92 Å². The van der Waals surface area contributed by atoms with E-state index in [9.17, 15) is 4.79 Å². The van der Waals surface area contributed by atoms with Gasteiger partial charge in [0.15, 0.2) is 0 Å². The van der Waals surface area contributed by atoms with E-state index in [-0.39, 0.29) is 12.2 Å². The number of hydrogen-bond acceptors (Lipinski definition) is 1. The van der Waals surface area contributed by atoms with Gasteiger partial charge in [-0.2, -0.15) is 0 Å². The molecule has 1 N–H and O–H groups in total. The van der Waals surface area contributed by atoms with E-state index < -0.39 is 5.97 Å². The van der Waals surface area contributed by atoms with Crippen LogP contribution in [0.1, 0.15) is 32.6 Å². The molecule has 0 aliphatic rings. The van der Waals surface area contributed by atoms with E-state index in [2.05, 4.69) is 6.92 Å². The van der Waals surface area contributed by atoms with Crippen LogP contribution in [0, 0.1) is 5.92 Å². The molecule has 0 saturated heterocycles. The van der Waals surface area contributed by atoms with Crippen LogP contribution in [0.25, 0.3) is 0 Å². The first-order chi connectivity index (χ1) is 5.22. The third-order valence-corrected chi connectivity index (χ3v) is 1.79. The predicted octanol–water partition coefficient (Wildman–Crippen LogP) is 1.85. The van der Waals surface area contributed by atoms with Crippen molar-refractivity contribution in [2.45, 2.75) is 38.9 Å². The fraction of sp³-hybridized carbons (Fsp3) is 0.875. The Balaban J connectivity index is 3.44. The Morgan fingerprint density at radius 1 is 1.55 bits per heavy atom. The third-order valence-electron chi connectivity index (χ3n) is 1.79. The van der Waals surface area contributed by atoms with Gasteiger partial charge in [-0.1, -0.05) is 32.5 Å². The molecule has 0 aromatic carbocycles. The Hall–Kier alpha value is -0.465. The second-order valence-corrected chi connectivity index (χ2v) is 2.77. The summed E-state index contributed by atoms with van der Waals surface area (Å²) in [5.41, 5.74) is 0. The number of carbonyl (C=O) groups is 1. The van der Waals surface area contributed by atoms with Crippen molar-refractivity contribution in [2.24, 2.45) is 5.92 Å². The highest BCUT2D eigenvalue weighted by atomic mass is 16.4. The van der Waals surface area contributed by atoms with Crippen LogP contribution in [0.15, 0.2) is 0 Å². The van der Waals surface area contributed by atoms with E-state index >= 15 is 0 Å². The van der Waals surface area contributed by atoms with Crippen LogP contribution in [0.4, 0.5) is 0 Å². The van der Waals surface area contributed by atoms with Crippen molar-refractivity contribution in [3.63, 3.8) is 0 Å². The molecule has 0 fully saturated rings. The normalized spacial score (nSPS) is 12.8. The molecule has 0 aromatic heterocycles. The molecule has 0 aliphatic carbocycles. The average molecular weight is 154 g/mol. The maximum absolute atomic E-state index is 10.4. The van der Waals surface area contributed by atoms with E-state index in [0.717, 1.165) is 25.7 Å². The average Bonchev–Trinajstić information content (AvgIpc) is 1.97. The van der Waals surface area contributed by atoms with Gasteiger partial charge in [-0.3, -0.25) is 4.79 Å². The van der Waals surface area contributed by atoms with Crippen molar-refractivity contribution in [2.75, 3.05) is 0 Å². The van der Waals surface area contributed by atoms with Crippen molar-refractivity contribution in [3.05, 3.63) is 0 Å². The van der Waals surface area contributed by atoms with Gasteiger partial charge < -0.3 is 5.11 Å². The fourth-order valence-corrected chi connectivity index (χ4v) is 0.983. The lowest BCUT2D eigenvalue weighted by atomic mass is 9.87. The van der Waals surface area contributed by atoms with Crippen molar-refractivity contribution >= 4 is 13.8 Å². The quantitative estimate of drug-likeness (QED) is 0.468. The molecular formula is C8H15BO2. The minimum atomic E-state index is -0.761. The van der Waals surface area contributed by atoms with E-state index in [0.29, 0.717) is 0 Å². The zero-order valence-corrected chi connectivity index (χ0v) is 7.05. The van der Waals surface area contributed by atoms with Crippen molar-refractivity contribution in [1.29, 1.82) is 0 Å². The maximum Gasteiger partial charge on any atom is 0.305 e. The van der Waals surface area contributed by atoms with Gasteiger partial charge in [0.1, 0.15) is 0 Å². The number of hydrogen-bond donors (Lipinski definition) is 1. The smallest absolute Gasteiger partial charge is 0.305 e. The van der Waals surface area contributed by atoms with Gasteiger partial charge >= 0.3 is 5.97 Å². The molecule has 0 heterocycles. The van der Waals surface area contributed by atoms with Gasteiger partial charge in [0.05, 0.1) is 7.85 Å². The molecule has 2 radical (unpaired) electrons. The molecule has 0 saturated carbocycles. The second kappa shape index (κ2) is 6.26. The molecule has 0 amide bonds. The van der Waals surface area contributed by atoms with Crippen LogP contribution >= 0.6 is 0 Å². The zero-order valence-electron chi connectivity index (χ0n) is 7.05. The lowest BCUT2D eigenvalue weighted by molar-refractivity contribution is -0.141. The molecule has 0 rings (SSSR count). The molecule has 0 aliphatic heterocycles. The molecule has 0 spiro atoms. The monoisotopic (exact) mass is 154 g/mol. The van der Waals surface area contributed by atoms with Crippen LogP contribution in [0.2, 0.25) is 6.32 Å². The van der Waals surface area contributed by atoms with Crippen LogP contribution in [0.3, 0.4) is 0 Å². The first-order valence-corrected chi connectivity index (χ1v) is 4.15. The van der Waals surface area contributed by atoms with Gasteiger partial charge in [0.25, 0.3) is 0 Å². The highest BCUT2D eigenvalue weighted by Crippen LogP contribution is 2.12. The summed E-state index contributed by atoms with van der Waals surface area (Å²) in [5.74, 6) is -1.09. The minimum Gasteiger partial charge on any atom is -0.481 e. The SMILES string of the molecule is [B]CC(CCCCC)C(=O)O. The highest BCUT2D eigenvalue weighted by molar-refractivity contribution is 6.10. The standard InChI is InChI=1S/C8H15BO2/c1-2-3-4-5-7(6-9)8(10)11/h7H,2-6H2,1H3,(H,10,11). The van der Waals surface area contributed by atoms with Gasteiger partial charge in [0.2, 0.25) is 0 Å². The van der Waals surface area contributed by atoms with E-state index in [1.54, 1.807) is 0 Å².